The van der Waals surface area contributed by atoms with Gasteiger partial charge in [-0.1, -0.05) is 62.4 Å². The largest absolute Gasteiger partial charge is 0.461 e. The summed E-state index contributed by atoms with van der Waals surface area (Å²) in [6.07, 6.45) is 4.35. The Balaban J connectivity index is 5.81. The molecule has 0 heterocycles. The van der Waals surface area contributed by atoms with Crippen molar-refractivity contribution in [2.75, 3.05) is 4.43 Å². The highest BCUT2D eigenvalue weighted by molar-refractivity contribution is 14.1. The van der Waals surface area contributed by atoms with Crippen LogP contribution >= 0.6 is 22.6 Å². The van der Waals surface area contributed by atoms with Gasteiger partial charge in [-0.15, -0.1) is 6.58 Å². The molecule has 5 heteroatoms. The second-order valence-corrected chi connectivity index (χ2v) is 15.6. The number of halogens is 1. The lowest BCUT2D eigenvalue weighted by molar-refractivity contribution is -0.162. The summed E-state index contributed by atoms with van der Waals surface area (Å²) >= 11 is 2.36. The molecule has 158 valence electrons. The van der Waals surface area contributed by atoms with E-state index in [9.17, 15) is 4.79 Å². The number of rotatable bonds is 9. The predicted octanol–water partition coefficient (Wildman–Crippen LogP) is 6.93. The highest BCUT2D eigenvalue weighted by Crippen LogP contribution is 2.40. The molecule has 0 aliphatic heterocycles. The molecule has 27 heavy (non-hydrogen) atoms. The smallest absolute Gasteiger partial charge is 0.311 e. The van der Waals surface area contributed by atoms with Gasteiger partial charge in [-0.05, 0) is 51.4 Å². The first-order valence-corrected chi connectivity index (χ1v) is 14.2. The summed E-state index contributed by atoms with van der Waals surface area (Å²) in [5.74, 6) is -0.134. The number of hydrogen-bond acceptors (Lipinski definition) is 3. The molecule has 0 saturated heterocycles. The zero-order valence-electron chi connectivity index (χ0n) is 19.1. The number of carbonyl (C=O) groups excluding carboxylic acids is 1. The van der Waals surface area contributed by atoms with E-state index in [-0.39, 0.29) is 29.1 Å². The summed E-state index contributed by atoms with van der Waals surface area (Å²) in [7, 11) is -1.98. The second kappa shape index (κ2) is 10.6. The molecule has 0 rings (SSSR count). The molecule has 0 bridgehead atoms. The monoisotopic (exact) mass is 508 g/mol. The van der Waals surface area contributed by atoms with Crippen molar-refractivity contribution in [2.24, 2.45) is 11.3 Å². The van der Waals surface area contributed by atoms with Crippen molar-refractivity contribution in [1.82, 2.24) is 0 Å². The molecule has 0 amide bonds. The maximum Gasteiger partial charge on any atom is 0.311 e. The molecule has 0 aliphatic rings. The molecule has 0 aromatic heterocycles. The van der Waals surface area contributed by atoms with E-state index in [0.29, 0.717) is 6.42 Å². The van der Waals surface area contributed by atoms with Crippen LogP contribution in [0.15, 0.2) is 24.3 Å². The van der Waals surface area contributed by atoms with Gasteiger partial charge in [-0.25, -0.2) is 0 Å². The van der Waals surface area contributed by atoms with Gasteiger partial charge in [0.1, 0.15) is 6.10 Å². The molecule has 0 saturated carbocycles. The number of esters is 1. The first kappa shape index (κ1) is 26.9. The second-order valence-electron chi connectivity index (χ2n) is 9.98. The van der Waals surface area contributed by atoms with Gasteiger partial charge in [0.15, 0.2) is 8.32 Å². The average molecular weight is 509 g/mol. The van der Waals surface area contributed by atoms with Gasteiger partial charge >= 0.3 is 5.97 Å². The third-order valence-corrected chi connectivity index (χ3v) is 10.3. The molecule has 0 radical (unpaired) electrons. The van der Waals surface area contributed by atoms with Crippen molar-refractivity contribution in [3.05, 3.63) is 24.3 Å². The molecular formula is C22H41IO3Si. The number of ether oxygens (including phenoxy) is 1. The van der Waals surface area contributed by atoms with E-state index < -0.39 is 13.7 Å². The Labute approximate surface area is 182 Å². The van der Waals surface area contributed by atoms with Crippen LogP contribution in [-0.4, -0.2) is 30.9 Å². The fourth-order valence-corrected chi connectivity index (χ4v) is 4.47. The summed E-state index contributed by atoms with van der Waals surface area (Å²) in [4.78, 5) is 12.5. The Hall–Kier alpha value is -0.143. The van der Waals surface area contributed by atoms with Crippen LogP contribution in [0.2, 0.25) is 18.1 Å². The molecule has 0 unspecified atom stereocenters. The van der Waals surface area contributed by atoms with E-state index in [2.05, 4.69) is 83.0 Å². The minimum atomic E-state index is -1.98. The van der Waals surface area contributed by atoms with E-state index >= 15 is 0 Å². The fraction of sp³-hybridized carbons (Fsp3) is 0.773. The summed E-state index contributed by atoms with van der Waals surface area (Å²) in [6.45, 7) is 25.1. The molecule has 0 N–H and O–H groups in total. The summed E-state index contributed by atoms with van der Waals surface area (Å²) < 4.78 is 13.7. The minimum absolute atomic E-state index is 0.0441. The molecule has 0 spiro atoms. The van der Waals surface area contributed by atoms with E-state index in [1.54, 1.807) is 0 Å². The third-order valence-electron chi connectivity index (χ3n) is 5.41. The van der Waals surface area contributed by atoms with Crippen molar-refractivity contribution in [2.45, 2.75) is 92.2 Å². The van der Waals surface area contributed by atoms with E-state index in [1.807, 2.05) is 26.8 Å². The maximum atomic E-state index is 12.5. The fourth-order valence-electron chi connectivity index (χ4n) is 2.39. The van der Waals surface area contributed by atoms with Crippen LogP contribution in [-0.2, 0) is 14.0 Å². The lowest BCUT2D eigenvalue weighted by Gasteiger charge is -2.42. The van der Waals surface area contributed by atoms with Crippen LogP contribution in [0.1, 0.15) is 61.8 Å². The number of alkyl halides is 1. The Kier molecular flexibility index (Phi) is 10.5. The number of hydrogen-bond donors (Lipinski definition) is 0. The first-order chi connectivity index (χ1) is 12.1. The Morgan fingerprint density at radius 2 is 1.70 bits per heavy atom. The molecule has 0 aromatic carbocycles. The molecule has 0 aromatic rings. The number of allylic oxidation sites excluding steroid dienone is 1. The van der Waals surface area contributed by atoms with Crippen molar-refractivity contribution in [1.29, 1.82) is 0 Å². The topological polar surface area (TPSA) is 35.5 Å². The standard InChI is InChI=1S/C22H41IO3Si/c1-12-13-18(25-20(24)21(4,5)6)17(3)19(16(2)14-15-23)26-27(10,11)22(7,8)9/h12,14,17-19H,1,13,15H2,2-11H3/b16-14+/t17-,18-,19-/m0/s1. The van der Waals surface area contributed by atoms with Crippen LogP contribution < -0.4 is 0 Å². The van der Waals surface area contributed by atoms with Crippen LogP contribution in [0.25, 0.3) is 0 Å². The average Bonchev–Trinajstić information content (AvgIpc) is 2.49. The number of carbonyl (C=O) groups is 1. The molecule has 3 atom stereocenters. The lowest BCUT2D eigenvalue weighted by Crippen LogP contribution is -2.48. The third kappa shape index (κ3) is 8.40. The van der Waals surface area contributed by atoms with Gasteiger partial charge in [-0.3, -0.25) is 4.79 Å². The van der Waals surface area contributed by atoms with Crippen LogP contribution in [0, 0.1) is 11.3 Å². The van der Waals surface area contributed by atoms with Gasteiger partial charge in [-0.2, -0.15) is 0 Å². The molecule has 0 aliphatic carbocycles. The maximum absolute atomic E-state index is 12.5. The van der Waals surface area contributed by atoms with Gasteiger partial charge in [0.2, 0.25) is 0 Å². The Morgan fingerprint density at radius 3 is 2.07 bits per heavy atom. The molecule has 0 fully saturated rings. The first-order valence-electron chi connectivity index (χ1n) is 9.81. The van der Waals surface area contributed by atoms with Crippen LogP contribution in [0.3, 0.4) is 0 Å². The Morgan fingerprint density at radius 1 is 1.19 bits per heavy atom. The van der Waals surface area contributed by atoms with Gasteiger partial charge in [0.25, 0.3) is 0 Å². The normalized spacial score (nSPS) is 17.2. The summed E-state index contributed by atoms with van der Waals surface area (Å²) in [5, 5.41) is 0.117. The summed E-state index contributed by atoms with van der Waals surface area (Å²) in [6, 6.07) is 0. The zero-order valence-corrected chi connectivity index (χ0v) is 22.3. The zero-order chi connectivity index (χ0) is 21.6. The summed E-state index contributed by atoms with van der Waals surface area (Å²) in [5.41, 5.74) is 0.685. The minimum Gasteiger partial charge on any atom is -0.461 e. The molecular weight excluding hydrogens is 467 g/mol. The van der Waals surface area contributed by atoms with E-state index in [0.717, 1.165) is 4.43 Å². The van der Waals surface area contributed by atoms with Crippen molar-refractivity contribution in [3.63, 3.8) is 0 Å². The van der Waals surface area contributed by atoms with Crippen molar-refractivity contribution >= 4 is 36.9 Å². The highest BCUT2D eigenvalue weighted by Gasteiger charge is 2.42. The SMILES string of the molecule is C=CC[C@H](OC(=O)C(C)(C)C)[C@H](C)[C@@H](O[Si](C)(C)C(C)(C)C)/C(C)=C/CI. The van der Waals surface area contributed by atoms with Crippen LogP contribution in [0.4, 0.5) is 0 Å². The quantitative estimate of drug-likeness (QED) is 0.111. The predicted molar refractivity (Wildman–Crippen MR) is 128 cm³/mol. The highest BCUT2D eigenvalue weighted by atomic mass is 127. The van der Waals surface area contributed by atoms with Gasteiger partial charge in [0, 0.05) is 16.8 Å². The van der Waals surface area contributed by atoms with E-state index in [4.69, 9.17) is 9.16 Å². The lowest BCUT2D eigenvalue weighted by atomic mass is 9.90. The van der Waals surface area contributed by atoms with Crippen molar-refractivity contribution in [3.8, 4) is 0 Å². The van der Waals surface area contributed by atoms with Gasteiger partial charge < -0.3 is 9.16 Å². The van der Waals surface area contributed by atoms with E-state index in [1.165, 1.54) is 5.57 Å². The van der Waals surface area contributed by atoms with Crippen LogP contribution in [0.5, 0.6) is 0 Å². The Bertz CT molecular complexity index is 527. The van der Waals surface area contributed by atoms with Gasteiger partial charge in [0.05, 0.1) is 11.5 Å². The molecule has 3 nitrogen and oxygen atoms in total. The van der Waals surface area contributed by atoms with Crippen molar-refractivity contribution < 1.29 is 14.0 Å².